The summed E-state index contributed by atoms with van der Waals surface area (Å²) in [6, 6.07) is 0.783. The summed E-state index contributed by atoms with van der Waals surface area (Å²) in [6.45, 7) is -0.432. The van der Waals surface area contributed by atoms with E-state index in [1.807, 2.05) is 0 Å². The summed E-state index contributed by atoms with van der Waals surface area (Å²) in [5.41, 5.74) is -0.348. The molecule has 1 fully saturated rings. The maximum atomic E-state index is 10.9. The van der Waals surface area contributed by atoms with E-state index in [0.717, 1.165) is 0 Å². The van der Waals surface area contributed by atoms with Crippen molar-refractivity contribution in [2.75, 3.05) is 6.61 Å². The van der Waals surface area contributed by atoms with Crippen LogP contribution in [0, 0.1) is 0 Å². The molecule has 0 aromatic carbocycles. The molecular formula is C16H15Cl2N5O4S2. The quantitative estimate of drug-likeness (QED) is 0.506. The molecule has 29 heavy (non-hydrogen) atoms. The number of hydrogen-bond donors (Lipinski definition) is 3. The lowest BCUT2D eigenvalue weighted by atomic mass is 9.97. The van der Waals surface area contributed by atoms with Crippen molar-refractivity contribution in [3.63, 3.8) is 0 Å². The van der Waals surface area contributed by atoms with Crippen molar-refractivity contribution >= 4 is 46.3 Å². The molecule has 1 aliphatic heterocycles. The summed E-state index contributed by atoms with van der Waals surface area (Å²) in [6.07, 6.45) is 1.35. The summed E-state index contributed by atoms with van der Waals surface area (Å²) in [7, 11) is 0. The van der Waals surface area contributed by atoms with Gasteiger partial charge in [-0.3, -0.25) is 4.98 Å². The molecular weight excluding hydrogens is 461 g/mol. The Balaban J connectivity index is 1.61. The molecule has 3 aromatic rings. The Hall–Kier alpha value is -1.31. The average Bonchev–Trinajstić information content (AvgIpc) is 3.33. The van der Waals surface area contributed by atoms with Crippen molar-refractivity contribution in [2.45, 2.75) is 34.7 Å². The smallest absolute Gasteiger partial charge is 0.147 e. The van der Waals surface area contributed by atoms with Gasteiger partial charge in [0.25, 0.3) is 0 Å². The number of hydrogen-bond acceptors (Lipinski definition) is 10. The highest BCUT2D eigenvalue weighted by Crippen LogP contribution is 2.38. The Labute approximate surface area is 183 Å². The van der Waals surface area contributed by atoms with Crippen LogP contribution >= 0.6 is 46.3 Å². The molecule has 1 aliphatic rings. The molecule has 5 atom stereocenters. The van der Waals surface area contributed by atoms with E-state index >= 15 is 0 Å². The van der Waals surface area contributed by atoms with Crippen molar-refractivity contribution in [3.8, 4) is 10.7 Å². The first-order valence-corrected chi connectivity index (χ1v) is 10.9. The minimum atomic E-state index is -1.21. The lowest BCUT2D eigenvalue weighted by molar-refractivity contribution is -0.178. The van der Waals surface area contributed by atoms with Crippen LogP contribution in [-0.2, 0) is 4.74 Å². The Morgan fingerprint density at radius 2 is 2.07 bits per heavy atom. The van der Waals surface area contributed by atoms with Gasteiger partial charge >= 0.3 is 0 Å². The van der Waals surface area contributed by atoms with Gasteiger partial charge in [0.2, 0.25) is 0 Å². The molecule has 0 aliphatic carbocycles. The molecule has 0 amide bonds. The Kier molecular flexibility index (Phi) is 6.37. The zero-order valence-corrected chi connectivity index (χ0v) is 17.7. The fraction of sp³-hybridized carbons (Fsp3) is 0.375. The van der Waals surface area contributed by atoms with Crippen molar-refractivity contribution in [1.82, 2.24) is 25.0 Å². The first-order valence-electron chi connectivity index (χ1n) is 8.39. The predicted octanol–water partition coefficient (Wildman–Crippen LogP) is 1.88. The van der Waals surface area contributed by atoms with E-state index in [-0.39, 0.29) is 0 Å². The van der Waals surface area contributed by atoms with Gasteiger partial charge in [-0.15, -0.1) is 16.4 Å². The Morgan fingerprint density at radius 3 is 2.76 bits per heavy atom. The third-order valence-electron chi connectivity index (χ3n) is 4.29. The number of pyridine rings is 1. The SMILES string of the molecule is OC[C@H]1O[C@H](Sc2cncc(Cl)c2)[C@H](O)[C@@H](n2cc(-c3nc(Cl)cs3)nn2)[C@H]1O. The molecule has 0 unspecified atom stereocenters. The maximum absolute atomic E-state index is 10.9. The van der Waals surface area contributed by atoms with Crippen molar-refractivity contribution < 1.29 is 20.1 Å². The third-order valence-corrected chi connectivity index (χ3v) is 6.80. The van der Waals surface area contributed by atoms with Crippen LogP contribution in [0.2, 0.25) is 10.2 Å². The zero-order chi connectivity index (χ0) is 20.5. The number of ether oxygens (including phenoxy) is 1. The largest absolute Gasteiger partial charge is 0.394 e. The summed E-state index contributed by atoms with van der Waals surface area (Å²) < 4.78 is 7.06. The molecule has 1 saturated heterocycles. The van der Waals surface area contributed by atoms with E-state index in [1.165, 1.54) is 34.0 Å². The first-order chi connectivity index (χ1) is 14.0. The number of halogens is 2. The number of nitrogens with zero attached hydrogens (tertiary/aromatic N) is 5. The molecule has 154 valence electrons. The minimum Gasteiger partial charge on any atom is -0.394 e. The van der Waals surface area contributed by atoms with E-state index in [2.05, 4.69) is 20.3 Å². The van der Waals surface area contributed by atoms with E-state index < -0.39 is 36.4 Å². The molecule has 0 bridgehead atoms. The highest BCUT2D eigenvalue weighted by molar-refractivity contribution is 7.99. The van der Waals surface area contributed by atoms with E-state index in [4.69, 9.17) is 27.9 Å². The molecule has 13 heteroatoms. The van der Waals surface area contributed by atoms with E-state index in [0.29, 0.717) is 25.8 Å². The summed E-state index contributed by atoms with van der Waals surface area (Å²) in [5, 5.41) is 42.3. The molecule has 9 nitrogen and oxygen atoms in total. The molecule has 0 saturated carbocycles. The second kappa shape index (κ2) is 8.82. The van der Waals surface area contributed by atoms with Crippen LogP contribution in [0.4, 0.5) is 0 Å². The van der Waals surface area contributed by atoms with E-state index in [1.54, 1.807) is 23.8 Å². The predicted molar refractivity (Wildman–Crippen MR) is 108 cm³/mol. The number of thioether (sulfide) groups is 1. The second-order valence-corrected chi connectivity index (χ2v) is 9.07. The molecule has 0 radical (unpaired) electrons. The highest BCUT2D eigenvalue weighted by atomic mass is 35.5. The van der Waals surface area contributed by atoms with Crippen LogP contribution in [0.5, 0.6) is 0 Å². The summed E-state index contributed by atoms with van der Waals surface area (Å²) >= 11 is 14.3. The van der Waals surface area contributed by atoms with Gasteiger partial charge in [-0.05, 0) is 6.07 Å². The standard InChI is InChI=1S/C16H15Cl2N5O4S2/c17-7-1-8(3-19-2-7)29-16-14(26)12(13(25)10(5-24)27-16)23-4-9(21-22-23)15-20-11(18)6-28-15/h1-4,6,10,12-14,16,24-26H,5H2/t10-,12+,13+,14-,16-/m1/s1. The van der Waals surface area contributed by atoms with Gasteiger partial charge in [-0.1, -0.05) is 40.2 Å². The van der Waals surface area contributed by atoms with Crippen LogP contribution in [0.15, 0.2) is 34.9 Å². The number of aliphatic hydroxyl groups is 3. The lowest BCUT2D eigenvalue weighted by Crippen LogP contribution is -2.55. The lowest BCUT2D eigenvalue weighted by Gasteiger charge is -2.41. The van der Waals surface area contributed by atoms with Crippen molar-refractivity contribution in [3.05, 3.63) is 40.2 Å². The summed E-state index contributed by atoms with van der Waals surface area (Å²) in [4.78, 5) is 8.83. The topological polar surface area (TPSA) is 126 Å². The van der Waals surface area contributed by atoms with Crippen LogP contribution in [-0.4, -0.2) is 70.6 Å². The molecule has 4 heterocycles. The van der Waals surface area contributed by atoms with Gasteiger partial charge in [-0.25, -0.2) is 9.67 Å². The maximum Gasteiger partial charge on any atom is 0.147 e. The second-order valence-electron chi connectivity index (χ2n) is 6.21. The fourth-order valence-corrected chi connectivity index (χ4v) is 5.18. The zero-order valence-electron chi connectivity index (χ0n) is 14.5. The van der Waals surface area contributed by atoms with E-state index in [9.17, 15) is 15.3 Å². The van der Waals surface area contributed by atoms with Crippen LogP contribution in [0.1, 0.15) is 6.04 Å². The van der Waals surface area contributed by atoms with Crippen molar-refractivity contribution in [2.24, 2.45) is 0 Å². The highest BCUT2D eigenvalue weighted by Gasteiger charge is 2.46. The average molecular weight is 476 g/mol. The summed E-state index contributed by atoms with van der Waals surface area (Å²) in [5.74, 6) is 0. The van der Waals surface area contributed by atoms with Gasteiger partial charge < -0.3 is 20.1 Å². The third kappa shape index (κ3) is 4.42. The number of thiazole rings is 1. The first kappa shape index (κ1) is 20.9. The monoisotopic (exact) mass is 475 g/mol. The Bertz CT molecular complexity index is 990. The van der Waals surface area contributed by atoms with Crippen LogP contribution in [0.3, 0.4) is 0 Å². The molecule has 4 rings (SSSR count). The molecule has 0 spiro atoms. The normalized spacial score (nSPS) is 27.3. The number of rotatable bonds is 5. The van der Waals surface area contributed by atoms with Gasteiger partial charge in [0.05, 0.1) is 17.8 Å². The molecule has 3 N–H and O–H groups in total. The number of aromatic nitrogens is 5. The van der Waals surface area contributed by atoms with Crippen molar-refractivity contribution in [1.29, 1.82) is 0 Å². The fourth-order valence-electron chi connectivity index (χ4n) is 2.96. The van der Waals surface area contributed by atoms with Gasteiger partial charge in [-0.2, -0.15) is 0 Å². The van der Waals surface area contributed by atoms with Gasteiger partial charge in [0.15, 0.2) is 0 Å². The van der Waals surface area contributed by atoms with Crippen LogP contribution < -0.4 is 0 Å². The van der Waals surface area contributed by atoms with Crippen LogP contribution in [0.25, 0.3) is 10.7 Å². The minimum absolute atomic E-state index is 0.345. The molecule has 3 aromatic heterocycles. The Morgan fingerprint density at radius 1 is 1.24 bits per heavy atom. The van der Waals surface area contributed by atoms with Gasteiger partial charge in [0.1, 0.15) is 45.6 Å². The number of aliphatic hydroxyl groups excluding tert-OH is 3. The van der Waals surface area contributed by atoms with Gasteiger partial charge in [0, 0.05) is 22.7 Å².